The van der Waals surface area contributed by atoms with Crippen molar-refractivity contribution in [3.8, 4) is 5.75 Å². The van der Waals surface area contributed by atoms with Crippen LogP contribution in [0.3, 0.4) is 0 Å². The number of methoxy groups -OCH3 is 1. The van der Waals surface area contributed by atoms with Crippen LogP contribution in [0.5, 0.6) is 5.75 Å². The summed E-state index contributed by atoms with van der Waals surface area (Å²) in [7, 11) is 1.63. The highest BCUT2D eigenvalue weighted by molar-refractivity contribution is 5.70. The van der Waals surface area contributed by atoms with E-state index in [1.54, 1.807) is 12.0 Å². The van der Waals surface area contributed by atoms with Gasteiger partial charge in [0, 0.05) is 6.54 Å². The number of rotatable bonds is 5. The minimum Gasteiger partial charge on any atom is -0.497 e. The third kappa shape index (κ3) is 11.2. The minimum atomic E-state index is -0.279. The summed E-state index contributed by atoms with van der Waals surface area (Å²) >= 11 is 0. The van der Waals surface area contributed by atoms with E-state index >= 15 is 0 Å². The summed E-state index contributed by atoms with van der Waals surface area (Å²) in [4.78, 5) is 13.3. The average Bonchev–Trinajstić information content (AvgIpc) is 3.07. The molecule has 1 aromatic rings. The van der Waals surface area contributed by atoms with E-state index in [1.807, 2.05) is 65.8 Å². The van der Waals surface area contributed by atoms with E-state index in [4.69, 9.17) is 9.47 Å². The fourth-order valence-electron chi connectivity index (χ4n) is 2.08. The number of carbonyl (C=O) groups is 1. The Bertz CT molecular complexity index is 535. The first-order valence-electron chi connectivity index (χ1n) is 9.86. The lowest BCUT2D eigenvalue weighted by atomic mass is 10.2. The molecule has 0 radical (unpaired) electrons. The number of nitrogens with zero attached hydrogens (tertiary/aromatic N) is 1. The third-order valence-corrected chi connectivity index (χ3v) is 3.44. The molecule has 0 bridgehead atoms. The Kier molecular flexibility index (Phi) is 17.2. The second-order valence-corrected chi connectivity index (χ2v) is 5.42. The smallest absolute Gasteiger partial charge is 0.410 e. The highest BCUT2D eigenvalue weighted by Crippen LogP contribution is 2.20. The van der Waals surface area contributed by atoms with Gasteiger partial charge in [0.1, 0.15) is 11.9 Å². The first-order valence-corrected chi connectivity index (χ1v) is 9.86. The zero-order chi connectivity index (χ0) is 21.2. The van der Waals surface area contributed by atoms with Crippen molar-refractivity contribution in [2.24, 2.45) is 0 Å². The molecule has 1 aromatic carbocycles. The highest BCUT2D eigenvalue weighted by Gasteiger charge is 2.31. The molecular formula is C23H39NO3. The minimum absolute atomic E-state index is 0.184. The standard InChI is InChI=1S/C14H17NO3.C5H10.2C2H6/c1-10(2)13-9-15(14(16)18-13)8-11-4-6-12(17-3)7-5-11;1-3-5-4-2;2*1-2/h4-7,13H,1,8-9H2,2-3H3;3,5H,4H2,1-2H3;2*1-2H3/b;5-3-;;. The largest absolute Gasteiger partial charge is 0.497 e. The van der Waals surface area contributed by atoms with Crippen molar-refractivity contribution in [2.75, 3.05) is 13.7 Å². The first kappa shape index (κ1) is 27.0. The van der Waals surface area contributed by atoms with Crippen molar-refractivity contribution in [2.45, 2.75) is 67.5 Å². The van der Waals surface area contributed by atoms with Gasteiger partial charge in [-0.3, -0.25) is 4.90 Å². The lowest BCUT2D eigenvalue weighted by Crippen LogP contribution is -2.24. The lowest BCUT2D eigenvalue weighted by Gasteiger charge is -2.13. The van der Waals surface area contributed by atoms with Crippen molar-refractivity contribution in [1.29, 1.82) is 0 Å². The molecule has 1 atom stereocenters. The van der Waals surface area contributed by atoms with Crippen molar-refractivity contribution < 1.29 is 14.3 Å². The van der Waals surface area contributed by atoms with Crippen molar-refractivity contribution in [1.82, 2.24) is 4.90 Å². The maximum absolute atomic E-state index is 11.7. The van der Waals surface area contributed by atoms with Crippen LogP contribution in [0.25, 0.3) is 0 Å². The number of allylic oxidation sites excluding steroid dienone is 2. The van der Waals surface area contributed by atoms with Crippen LogP contribution in [-0.4, -0.2) is 30.8 Å². The number of hydrogen-bond acceptors (Lipinski definition) is 3. The molecule has 1 saturated heterocycles. The average molecular weight is 378 g/mol. The lowest BCUT2D eigenvalue weighted by molar-refractivity contribution is 0.142. The summed E-state index contributed by atoms with van der Waals surface area (Å²) in [6.45, 7) is 19.0. The molecule has 0 aromatic heterocycles. The molecule has 4 nitrogen and oxygen atoms in total. The van der Waals surface area contributed by atoms with E-state index in [0.29, 0.717) is 13.1 Å². The summed E-state index contributed by atoms with van der Waals surface area (Å²) < 4.78 is 10.3. The number of amides is 1. The van der Waals surface area contributed by atoms with Crippen LogP contribution in [0.15, 0.2) is 48.6 Å². The quantitative estimate of drug-likeness (QED) is 0.541. The van der Waals surface area contributed by atoms with Gasteiger partial charge in [-0.05, 0) is 43.5 Å². The monoisotopic (exact) mass is 377 g/mol. The van der Waals surface area contributed by atoms with E-state index in [1.165, 1.54) is 0 Å². The summed E-state index contributed by atoms with van der Waals surface area (Å²) in [5, 5.41) is 0. The first-order chi connectivity index (χ1) is 13.0. The van der Waals surface area contributed by atoms with E-state index in [2.05, 4.69) is 25.7 Å². The van der Waals surface area contributed by atoms with Crippen LogP contribution in [0.2, 0.25) is 0 Å². The summed E-state index contributed by atoms with van der Waals surface area (Å²) in [5.74, 6) is 0.808. The Morgan fingerprint density at radius 2 is 1.81 bits per heavy atom. The topological polar surface area (TPSA) is 38.8 Å². The van der Waals surface area contributed by atoms with E-state index in [-0.39, 0.29) is 12.2 Å². The van der Waals surface area contributed by atoms with Gasteiger partial charge in [0.05, 0.1) is 13.7 Å². The molecule has 1 fully saturated rings. The van der Waals surface area contributed by atoms with Gasteiger partial charge in [-0.25, -0.2) is 4.79 Å². The van der Waals surface area contributed by atoms with E-state index in [9.17, 15) is 4.79 Å². The van der Waals surface area contributed by atoms with Gasteiger partial charge in [-0.2, -0.15) is 0 Å². The summed E-state index contributed by atoms with van der Waals surface area (Å²) in [5.41, 5.74) is 1.93. The number of ether oxygens (including phenoxy) is 2. The Balaban J connectivity index is 0. The molecule has 0 saturated carbocycles. The SMILES string of the molecule is C/C=C\CC.C=C(C)C1CN(Cc2ccc(OC)cc2)C(=O)O1.CC.CC. The zero-order valence-corrected chi connectivity index (χ0v) is 18.5. The van der Waals surface area contributed by atoms with Gasteiger partial charge in [-0.15, -0.1) is 0 Å². The van der Waals surface area contributed by atoms with E-state index < -0.39 is 0 Å². The van der Waals surface area contributed by atoms with Crippen LogP contribution in [0, 0.1) is 0 Å². The van der Waals surface area contributed by atoms with Crippen molar-refractivity contribution in [3.05, 3.63) is 54.1 Å². The normalized spacial score (nSPS) is 14.7. The second-order valence-electron chi connectivity index (χ2n) is 5.42. The van der Waals surface area contributed by atoms with Crippen LogP contribution in [-0.2, 0) is 11.3 Å². The molecular weight excluding hydrogens is 338 g/mol. The molecule has 0 spiro atoms. The molecule has 1 aliphatic rings. The molecule has 0 N–H and O–H groups in total. The Hall–Kier alpha value is -2.23. The van der Waals surface area contributed by atoms with Gasteiger partial charge >= 0.3 is 6.09 Å². The van der Waals surface area contributed by atoms with Crippen LogP contribution >= 0.6 is 0 Å². The fraction of sp³-hybridized carbons (Fsp3) is 0.522. The maximum Gasteiger partial charge on any atom is 0.410 e. The molecule has 1 unspecified atom stereocenters. The van der Waals surface area contributed by atoms with Crippen LogP contribution in [0.1, 0.15) is 60.5 Å². The number of hydrogen-bond donors (Lipinski definition) is 0. The van der Waals surface area contributed by atoms with Gasteiger partial charge in [-0.1, -0.05) is 65.5 Å². The molecule has 1 amide bonds. The predicted molar refractivity (Wildman–Crippen MR) is 116 cm³/mol. The number of benzene rings is 1. The Morgan fingerprint density at radius 1 is 1.26 bits per heavy atom. The molecule has 1 heterocycles. The predicted octanol–water partition coefficient (Wildman–Crippen LogP) is 6.62. The molecule has 4 heteroatoms. The number of cyclic esters (lactones) is 1. The zero-order valence-electron chi connectivity index (χ0n) is 18.5. The molecule has 0 aliphatic carbocycles. The summed E-state index contributed by atoms with van der Waals surface area (Å²) in [6, 6.07) is 7.65. The van der Waals surface area contributed by atoms with Crippen LogP contribution in [0.4, 0.5) is 4.79 Å². The molecule has 1 aliphatic heterocycles. The van der Waals surface area contributed by atoms with Gasteiger partial charge < -0.3 is 9.47 Å². The molecule has 154 valence electrons. The maximum atomic E-state index is 11.7. The van der Waals surface area contributed by atoms with Crippen molar-refractivity contribution >= 4 is 6.09 Å². The second kappa shape index (κ2) is 17.2. The van der Waals surface area contributed by atoms with Crippen LogP contribution < -0.4 is 4.74 Å². The van der Waals surface area contributed by atoms with Crippen molar-refractivity contribution in [3.63, 3.8) is 0 Å². The summed E-state index contributed by atoms with van der Waals surface area (Å²) in [6.07, 6.45) is 4.88. The highest BCUT2D eigenvalue weighted by atomic mass is 16.6. The molecule has 27 heavy (non-hydrogen) atoms. The Morgan fingerprint density at radius 3 is 2.15 bits per heavy atom. The Labute approximate surface area is 166 Å². The van der Waals surface area contributed by atoms with Gasteiger partial charge in [0.15, 0.2) is 0 Å². The van der Waals surface area contributed by atoms with Gasteiger partial charge in [0.25, 0.3) is 0 Å². The van der Waals surface area contributed by atoms with E-state index in [0.717, 1.165) is 23.3 Å². The number of carbonyl (C=O) groups excluding carboxylic acids is 1. The van der Waals surface area contributed by atoms with Gasteiger partial charge in [0.2, 0.25) is 0 Å². The third-order valence-electron chi connectivity index (χ3n) is 3.44. The fourth-order valence-corrected chi connectivity index (χ4v) is 2.08. The molecule has 2 rings (SSSR count).